The fourth-order valence-corrected chi connectivity index (χ4v) is 3.42. The van der Waals surface area contributed by atoms with Gasteiger partial charge in [0.05, 0.1) is 12.3 Å². The van der Waals surface area contributed by atoms with Gasteiger partial charge >= 0.3 is 0 Å². The summed E-state index contributed by atoms with van der Waals surface area (Å²) in [5.41, 5.74) is 8.52. The molecule has 5 nitrogen and oxygen atoms in total. The zero-order valence-electron chi connectivity index (χ0n) is 15.6. The topological polar surface area (TPSA) is 50.6 Å². The van der Waals surface area contributed by atoms with E-state index in [1.807, 2.05) is 37.4 Å². The molecule has 6 heteroatoms. The van der Waals surface area contributed by atoms with Crippen molar-refractivity contribution in [3.05, 3.63) is 52.8 Å². The lowest BCUT2D eigenvalue weighted by Crippen LogP contribution is -2.24. The number of anilines is 1. The molecule has 1 fully saturated rings. The molecular weight excluding hydrogens is 344 g/mol. The molecule has 2 N–H and O–H groups in total. The lowest BCUT2D eigenvalue weighted by Gasteiger charge is -2.14. The van der Waals surface area contributed by atoms with Gasteiger partial charge in [0.25, 0.3) is 0 Å². The number of nitrogens with one attached hydrogen (secondary N) is 2. The van der Waals surface area contributed by atoms with Crippen LogP contribution in [0.5, 0.6) is 0 Å². The van der Waals surface area contributed by atoms with Gasteiger partial charge in [-0.2, -0.15) is 5.10 Å². The molecule has 0 radical (unpaired) electrons. The summed E-state index contributed by atoms with van der Waals surface area (Å²) < 4.78 is 8.07. The second kappa shape index (κ2) is 8.47. The largest absolute Gasteiger partial charge is 0.376 e. The molecule has 1 aromatic heterocycles. The second-order valence-electron chi connectivity index (χ2n) is 6.71. The fraction of sp³-hybridized carbons (Fsp3) is 0.400. The molecule has 26 heavy (non-hydrogen) atoms. The van der Waals surface area contributed by atoms with E-state index in [0.29, 0.717) is 11.2 Å². The lowest BCUT2D eigenvalue weighted by molar-refractivity contribution is 0.0962. The molecule has 0 amide bonds. The first kappa shape index (κ1) is 18.6. The third-order valence-corrected chi connectivity index (χ3v) is 4.98. The van der Waals surface area contributed by atoms with E-state index in [0.717, 1.165) is 42.8 Å². The number of hydrogen-bond acceptors (Lipinski definition) is 3. The lowest BCUT2D eigenvalue weighted by atomic mass is 10.2. The Labute approximate surface area is 160 Å². The summed E-state index contributed by atoms with van der Waals surface area (Å²) >= 11 is 5.31. The number of hydrazone groups is 1. The second-order valence-corrected chi connectivity index (χ2v) is 7.12. The number of aromatic nitrogens is 1. The van der Waals surface area contributed by atoms with E-state index in [9.17, 15) is 0 Å². The highest BCUT2D eigenvalue weighted by Gasteiger charge is 2.18. The Kier molecular flexibility index (Phi) is 6.06. The summed E-state index contributed by atoms with van der Waals surface area (Å²) in [4.78, 5) is 0. The molecule has 0 aliphatic carbocycles. The summed E-state index contributed by atoms with van der Waals surface area (Å²) in [5, 5.41) is 7.93. The Balaban J connectivity index is 1.59. The Morgan fingerprint density at radius 2 is 2.15 bits per heavy atom. The average Bonchev–Trinajstić information content (AvgIpc) is 3.21. The molecule has 0 bridgehead atoms. The highest BCUT2D eigenvalue weighted by Crippen LogP contribution is 2.19. The van der Waals surface area contributed by atoms with Gasteiger partial charge in [-0.1, -0.05) is 18.2 Å². The van der Waals surface area contributed by atoms with E-state index in [2.05, 4.69) is 40.3 Å². The Bertz CT molecular complexity index is 806. The quantitative estimate of drug-likeness (QED) is 0.476. The van der Waals surface area contributed by atoms with Gasteiger partial charge < -0.3 is 14.6 Å². The first-order valence-electron chi connectivity index (χ1n) is 8.98. The van der Waals surface area contributed by atoms with Gasteiger partial charge in [-0.3, -0.25) is 5.43 Å². The van der Waals surface area contributed by atoms with Gasteiger partial charge in [-0.05, 0) is 63.5 Å². The maximum atomic E-state index is 5.76. The van der Waals surface area contributed by atoms with Gasteiger partial charge in [0.2, 0.25) is 0 Å². The number of aryl methyl sites for hydroxylation is 2. The zero-order chi connectivity index (χ0) is 18.5. The molecule has 2 heterocycles. The summed E-state index contributed by atoms with van der Waals surface area (Å²) in [7, 11) is 0. The Hall–Kier alpha value is -2.18. The minimum Gasteiger partial charge on any atom is -0.376 e. The summed E-state index contributed by atoms with van der Waals surface area (Å²) in [6.45, 7) is 8.07. The average molecular weight is 371 g/mol. The predicted molar refractivity (Wildman–Crippen MR) is 111 cm³/mol. The van der Waals surface area contributed by atoms with Crippen molar-refractivity contribution >= 4 is 29.2 Å². The molecule has 2 aromatic rings. The van der Waals surface area contributed by atoms with E-state index in [1.165, 1.54) is 11.4 Å². The monoisotopic (exact) mass is 370 g/mol. The van der Waals surface area contributed by atoms with Crippen molar-refractivity contribution in [2.45, 2.75) is 46.3 Å². The van der Waals surface area contributed by atoms with Crippen molar-refractivity contribution in [3.8, 4) is 0 Å². The summed E-state index contributed by atoms with van der Waals surface area (Å²) in [6, 6.07) is 10.2. The minimum atomic E-state index is 0.327. The molecule has 138 valence electrons. The van der Waals surface area contributed by atoms with E-state index < -0.39 is 0 Å². The normalized spacial score (nSPS) is 17.0. The Morgan fingerprint density at radius 1 is 1.35 bits per heavy atom. The van der Waals surface area contributed by atoms with Crippen LogP contribution in [0.25, 0.3) is 0 Å². The van der Waals surface area contributed by atoms with Crippen LogP contribution >= 0.6 is 12.2 Å². The fourth-order valence-electron chi connectivity index (χ4n) is 3.26. The van der Waals surface area contributed by atoms with Crippen LogP contribution < -0.4 is 10.7 Å². The van der Waals surface area contributed by atoms with Crippen molar-refractivity contribution in [3.63, 3.8) is 0 Å². The smallest absolute Gasteiger partial charge is 0.191 e. The van der Waals surface area contributed by atoms with Gasteiger partial charge in [0.15, 0.2) is 5.11 Å². The van der Waals surface area contributed by atoms with Gasteiger partial charge in [-0.15, -0.1) is 0 Å². The van der Waals surface area contributed by atoms with E-state index >= 15 is 0 Å². The number of nitrogens with zero attached hydrogens (tertiary/aromatic N) is 2. The molecular formula is C20H26N4OS. The molecule has 1 aromatic carbocycles. The third kappa shape index (κ3) is 4.51. The molecule has 0 spiro atoms. The predicted octanol–water partition coefficient (Wildman–Crippen LogP) is 3.91. The van der Waals surface area contributed by atoms with Crippen LogP contribution in [0.3, 0.4) is 0 Å². The van der Waals surface area contributed by atoms with Gasteiger partial charge in [-0.25, -0.2) is 0 Å². The standard InChI is InChI=1S/C20H26N4OS/c1-14-7-4-5-9-19(14)22-20(26)23-21-12-17-11-15(2)24(16(17)3)13-18-8-6-10-25-18/h4-5,7,9,11-12,18H,6,8,10,13H2,1-3H3,(H2,22,23,26)/b21-12-/t18-/m1/s1. The van der Waals surface area contributed by atoms with Crippen molar-refractivity contribution in [2.75, 3.05) is 11.9 Å². The number of thiocarbonyl (C=S) groups is 1. The Morgan fingerprint density at radius 3 is 2.88 bits per heavy atom. The number of rotatable bonds is 5. The molecule has 0 unspecified atom stereocenters. The van der Waals surface area contributed by atoms with E-state index in [-0.39, 0.29) is 0 Å². The molecule has 3 rings (SSSR count). The van der Waals surface area contributed by atoms with Crippen LogP contribution in [0, 0.1) is 20.8 Å². The van der Waals surface area contributed by atoms with Crippen molar-refractivity contribution in [2.24, 2.45) is 5.10 Å². The minimum absolute atomic E-state index is 0.327. The highest BCUT2D eigenvalue weighted by atomic mass is 32.1. The number of benzene rings is 1. The SMILES string of the molecule is Cc1ccccc1NC(=S)N/N=C\c1cc(C)n(C[C@H]2CCCO2)c1C. The van der Waals surface area contributed by atoms with Gasteiger partial charge in [0.1, 0.15) is 0 Å². The third-order valence-electron chi connectivity index (χ3n) is 4.79. The van der Waals surface area contributed by atoms with Crippen LogP contribution in [0.2, 0.25) is 0 Å². The number of ether oxygens (including phenoxy) is 1. The number of para-hydroxylation sites is 1. The van der Waals surface area contributed by atoms with Crippen LogP contribution in [-0.2, 0) is 11.3 Å². The van der Waals surface area contributed by atoms with Crippen LogP contribution in [0.4, 0.5) is 5.69 Å². The van der Waals surface area contributed by atoms with Crippen LogP contribution in [0.15, 0.2) is 35.4 Å². The van der Waals surface area contributed by atoms with E-state index in [1.54, 1.807) is 0 Å². The maximum Gasteiger partial charge on any atom is 0.191 e. The van der Waals surface area contributed by atoms with Gasteiger partial charge in [0, 0.05) is 35.8 Å². The number of hydrogen-bond donors (Lipinski definition) is 2. The van der Waals surface area contributed by atoms with Crippen molar-refractivity contribution in [1.29, 1.82) is 0 Å². The molecule has 0 saturated carbocycles. The first-order chi connectivity index (χ1) is 12.5. The molecule has 1 aliphatic heterocycles. The summed E-state index contributed by atoms with van der Waals surface area (Å²) in [5.74, 6) is 0. The van der Waals surface area contributed by atoms with Crippen molar-refractivity contribution in [1.82, 2.24) is 9.99 Å². The van der Waals surface area contributed by atoms with Crippen molar-refractivity contribution < 1.29 is 4.74 Å². The maximum absolute atomic E-state index is 5.76. The molecule has 1 saturated heterocycles. The zero-order valence-corrected chi connectivity index (χ0v) is 16.4. The molecule has 1 aliphatic rings. The summed E-state index contributed by atoms with van der Waals surface area (Å²) in [6.07, 6.45) is 4.45. The first-order valence-corrected chi connectivity index (χ1v) is 9.39. The van der Waals surface area contributed by atoms with Crippen LogP contribution in [0.1, 0.15) is 35.4 Å². The molecule has 1 atom stereocenters. The highest BCUT2D eigenvalue weighted by molar-refractivity contribution is 7.80. The van der Waals surface area contributed by atoms with E-state index in [4.69, 9.17) is 17.0 Å². The van der Waals surface area contributed by atoms with Crippen LogP contribution in [-0.4, -0.2) is 28.6 Å².